The van der Waals surface area contributed by atoms with Crippen molar-refractivity contribution in [3.63, 3.8) is 0 Å². The number of fused-ring (bicyclic) bond motifs is 3. The van der Waals surface area contributed by atoms with Crippen LogP contribution in [0, 0.1) is 0 Å². The summed E-state index contributed by atoms with van der Waals surface area (Å²) in [7, 11) is 1.61. The van der Waals surface area contributed by atoms with E-state index in [-0.39, 0.29) is 12.1 Å². The SMILES string of the molecule is CCOc1cc(-c2ccc(N3CCC(CO)(NCc4ccc(OC)nc4)CC3)nc2)c2c3cn[nH]c3nn2c1. The molecule has 0 amide bonds. The summed E-state index contributed by atoms with van der Waals surface area (Å²) in [5, 5.41) is 26.5. The van der Waals surface area contributed by atoms with Gasteiger partial charge in [-0.15, -0.1) is 5.10 Å². The molecule has 0 unspecified atom stereocenters. The molecule has 0 atom stereocenters. The molecule has 1 aliphatic rings. The van der Waals surface area contributed by atoms with Crippen molar-refractivity contribution in [1.82, 2.24) is 35.1 Å². The number of ether oxygens (including phenoxy) is 2. The maximum absolute atomic E-state index is 10.3. The van der Waals surface area contributed by atoms with Gasteiger partial charge in [0.05, 0.1) is 43.6 Å². The Morgan fingerprint density at radius 1 is 1.10 bits per heavy atom. The van der Waals surface area contributed by atoms with Gasteiger partial charge < -0.3 is 24.8 Å². The van der Waals surface area contributed by atoms with Crippen molar-refractivity contribution in [3.05, 3.63) is 60.7 Å². The van der Waals surface area contributed by atoms with E-state index in [2.05, 4.69) is 42.6 Å². The first-order valence-electron chi connectivity index (χ1n) is 13.2. The molecule has 0 saturated carbocycles. The average molecular weight is 529 g/mol. The monoisotopic (exact) mass is 528 g/mol. The molecule has 3 N–H and O–H groups in total. The van der Waals surface area contributed by atoms with Crippen LogP contribution >= 0.6 is 0 Å². The lowest BCUT2D eigenvalue weighted by atomic mass is 9.88. The molecule has 6 heterocycles. The van der Waals surface area contributed by atoms with E-state index in [0.29, 0.717) is 19.0 Å². The number of aromatic amines is 1. The summed E-state index contributed by atoms with van der Waals surface area (Å²) in [5.41, 5.74) is 4.37. The molecule has 202 valence electrons. The third kappa shape index (κ3) is 4.86. The predicted molar refractivity (Wildman–Crippen MR) is 148 cm³/mol. The van der Waals surface area contributed by atoms with Crippen LogP contribution in [-0.2, 0) is 6.54 Å². The number of nitrogens with zero attached hydrogens (tertiary/aromatic N) is 6. The third-order valence-electron chi connectivity index (χ3n) is 7.49. The molecule has 1 fully saturated rings. The van der Waals surface area contributed by atoms with Gasteiger partial charge in [-0.25, -0.2) is 14.5 Å². The zero-order valence-corrected chi connectivity index (χ0v) is 22.1. The molecular formula is C28H32N8O3. The minimum absolute atomic E-state index is 0.0801. The Kier molecular flexibility index (Phi) is 6.76. The third-order valence-corrected chi connectivity index (χ3v) is 7.49. The summed E-state index contributed by atoms with van der Waals surface area (Å²) >= 11 is 0. The van der Waals surface area contributed by atoms with Crippen LogP contribution in [0.1, 0.15) is 25.3 Å². The summed E-state index contributed by atoms with van der Waals surface area (Å²) in [6.07, 6.45) is 9.00. The fourth-order valence-corrected chi connectivity index (χ4v) is 5.22. The number of nitrogens with one attached hydrogen (secondary N) is 2. The second kappa shape index (κ2) is 10.5. The summed E-state index contributed by atoms with van der Waals surface area (Å²) < 4.78 is 12.8. The van der Waals surface area contributed by atoms with Crippen molar-refractivity contribution in [1.29, 1.82) is 0 Å². The molecule has 11 heteroatoms. The number of piperidine rings is 1. The standard InChI is InChI=1S/C28H32N8O3/c1-3-39-21-12-22(26-23-16-32-33-27(23)34-36(26)17-21)20-5-6-24(29-15-20)35-10-8-28(18-37,9-11-35)31-14-19-4-7-25(38-2)30-13-19/h4-7,12-13,15-17,31,37H,3,8-11,14,18H2,1-2H3,(H,33,34). The van der Waals surface area contributed by atoms with Gasteiger partial charge in [-0.05, 0) is 43.5 Å². The molecular weight excluding hydrogens is 496 g/mol. The maximum Gasteiger partial charge on any atom is 0.212 e. The fourth-order valence-electron chi connectivity index (χ4n) is 5.22. The van der Waals surface area contributed by atoms with Crippen molar-refractivity contribution < 1.29 is 14.6 Å². The van der Waals surface area contributed by atoms with Gasteiger partial charge in [0.25, 0.3) is 0 Å². The second-order valence-electron chi connectivity index (χ2n) is 9.84. The Balaban J connectivity index is 1.17. The molecule has 0 aliphatic carbocycles. The number of aromatic nitrogens is 6. The van der Waals surface area contributed by atoms with E-state index < -0.39 is 0 Å². The molecule has 1 aliphatic heterocycles. The van der Waals surface area contributed by atoms with Gasteiger partial charge in [0.1, 0.15) is 11.6 Å². The lowest BCUT2D eigenvalue weighted by Gasteiger charge is -2.42. The average Bonchev–Trinajstić information content (AvgIpc) is 3.58. The Bertz CT molecular complexity index is 1550. The van der Waals surface area contributed by atoms with Crippen LogP contribution in [0.5, 0.6) is 11.6 Å². The maximum atomic E-state index is 10.3. The molecule has 0 bridgehead atoms. The van der Waals surface area contributed by atoms with Crippen molar-refractivity contribution >= 4 is 22.4 Å². The predicted octanol–water partition coefficient (Wildman–Crippen LogP) is 3.20. The zero-order chi connectivity index (χ0) is 26.8. The first kappa shape index (κ1) is 25.1. The quantitative estimate of drug-likeness (QED) is 0.264. The van der Waals surface area contributed by atoms with E-state index in [4.69, 9.17) is 14.5 Å². The Labute approximate surface area is 225 Å². The normalized spacial score (nSPS) is 15.2. The molecule has 1 saturated heterocycles. The number of hydrogen-bond acceptors (Lipinski definition) is 9. The van der Waals surface area contributed by atoms with Crippen LogP contribution < -0.4 is 19.7 Å². The fraction of sp³-hybridized carbons (Fsp3) is 0.357. The molecule has 0 radical (unpaired) electrons. The number of aliphatic hydroxyl groups is 1. The Hall–Kier alpha value is -4.22. The van der Waals surface area contributed by atoms with Crippen LogP contribution in [-0.4, -0.2) is 73.8 Å². The minimum Gasteiger partial charge on any atom is -0.492 e. The van der Waals surface area contributed by atoms with E-state index in [1.165, 1.54) is 0 Å². The van der Waals surface area contributed by atoms with Gasteiger partial charge in [-0.2, -0.15) is 5.10 Å². The van der Waals surface area contributed by atoms with E-state index in [1.807, 2.05) is 42.0 Å². The zero-order valence-electron chi connectivity index (χ0n) is 22.1. The molecule has 6 rings (SSSR count). The molecule has 5 aromatic rings. The number of methoxy groups -OCH3 is 1. The number of anilines is 1. The minimum atomic E-state index is -0.334. The number of rotatable bonds is 9. The van der Waals surface area contributed by atoms with Gasteiger partial charge in [0.15, 0.2) is 5.65 Å². The lowest BCUT2D eigenvalue weighted by molar-refractivity contribution is 0.132. The number of aliphatic hydroxyl groups excluding tert-OH is 1. The van der Waals surface area contributed by atoms with Gasteiger partial charge in [-0.1, -0.05) is 6.07 Å². The van der Waals surface area contributed by atoms with Gasteiger partial charge in [0.2, 0.25) is 5.88 Å². The van der Waals surface area contributed by atoms with E-state index >= 15 is 0 Å². The first-order valence-corrected chi connectivity index (χ1v) is 13.2. The van der Waals surface area contributed by atoms with Crippen molar-refractivity contribution in [2.45, 2.75) is 31.8 Å². The smallest absolute Gasteiger partial charge is 0.212 e. The van der Waals surface area contributed by atoms with Crippen LogP contribution in [0.3, 0.4) is 0 Å². The second-order valence-corrected chi connectivity index (χ2v) is 9.84. The van der Waals surface area contributed by atoms with Gasteiger partial charge >= 0.3 is 0 Å². The number of hydrogen-bond donors (Lipinski definition) is 3. The highest BCUT2D eigenvalue weighted by atomic mass is 16.5. The van der Waals surface area contributed by atoms with Crippen LogP contribution in [0.15, 0.2) is 55.1 Å². The van der Waals surface area contributed by atoms with Crippen LogP contribution in [0.2, 0.25) is 0 Å². The van der Waals surface area contributed by atoms with Crippen molar-refractivity contribution in [2.24, 2.45) is 0 Å². The highest BCUT2D eigenvalue weighted by Crippen LogP contribution is 2.34. The Morgan fingerprint density at radius 2 is 1.97 bits per heavy atom. The summed E-state index contributed by atoms with van der Waals surface area (Å²) in [4.78, 5) is 11.4. The van der Waals surface area contributed by atoms with Crippen LogP contribution in [0.4, 0.5) is 5.82 Å². The van der Waals surface area contributed by atoms with E-state index in [9.17, 15) is 5.11 Å². The molecule has 5 aromatic heterocycles. The largest absolute Gasteiger partial charge is 0.492 e. The van der Waals surface area contributed by atoms with Gasteiger partial charge in [-0.3, -0.25) is 5.10 Å². The summed E-state index contributed by atoms with van der Waals surface area (Å²) in [6, 6.07) is 10.0. The number of pyridine rings is 3. The Morgan fingerprint density at radius 3 is 2.67 bits per heavy atom. The van der Waals surface area contributed by atoms with E-state index in [1.54, 1.807) is 19.5 Å². The van der Waals surface area contributed by atoms with Crippen molar-refractivity contribution in [2.75, 3.05) is 38.3 Å². The molecule has 0 aromatic carbocycles. The molecule has 39 heavy (non-hydrogen) atoms. The molecule has 11 nitrogen and oxygen atoms in total. The van der Waals surface area contributed by atoms with Crippen molar-refractivity contribution in [3.8, 4) is 22.8 Å². The summed E-state index contributed by atoms with van der Waals surface area (Å²) in [5.74, 6) is 2.26. The topological polar surface area (TPSA) is 126 Å². The van der Waals surface area contributed by atoms with Crippen LogP contribution in [0.25, 0.3) is 27.7 Å². The summed E-state index contributed by atoms with van der Waals surface area (Å²) in [6.45, 7) is 4.84. The first-order chi connectivity index (χ1) is 19.1. The highest BCUT2D eigenvalue weighted by molar-refractivity contribution is 6.00. The van der Waals surface area contributed by atoms with E-state index in [0.717, 1.165) is 70.7 Å². The lowest BCUT2D eigenvalue weighted by Crippen LogP contribution is -2.55. The highest BCUT2D eigenvalue weighted by Gasteiger charge is 2.34. The number of H-pyrrole nitrogens is 1. The molecule has 0 spiro atoms. The van der Waals surface area contributed by atoms with Gasteiger partial charge in [0, 0.05) is 54.8 Å².